The second-order valence-corrected chi connectivity index (χ2v) is 8.91. The Balaban J connectivity index is 2.09. The molecule has 1 aromatic heterocycles. The lowest BCUT2D eigenvalue weighted by Crippen LogP contribution is -2.31. The lowest BCUT2D eigenvalue weighted by Gasteiger charge is -2.09. The predicted octanol–water partition coefficient (Wildman–Crippen LogP) is 2.97. The van der Waals surface area contributed by atoms with Crippen molar-refractivity contribution >= 4 is 32.2 Å². The first-order valence-electron chi connectivity index (χ1n) is 7.39. The fourth-order valence-electron chi connectivity index (χ4n) is 1.84. The molecule has 1 aromatic carbocycles. The molecule has 0 fully saturated rings. The Morgan fingerprint density at radius 1 is 1.21 bits per heavy atom. The van der Waals surface area contributed by atoms with Crippen LogP contribution in [0.15, 0.2) is 29.6 Å². The van der Waals surface area contributed by atoms with E-state index in [2.05, 4.69) is 10.3 Å². The van der Waals surface area contributed by atoms with Crippen LogP contribution in [0.2, 0.25) is 0 Å². The monoisotopic (exact) mass is 368 g/mol. The maximum Gasteiger partial charge on any atom is 0.244 e. The number of thiazole rings is 1. The summed E-state index contributed by atoms with van der Waals surface area (Å²) in [6, 6.07) is 7.49. The number of aromatic nitrogens is 1. The van der Waals surface area contributed by atoms with Gasteiger partial charge in [-0.3, -0.25) is 4.79 Å². The van der Waals surface area contributed by atoms with Crippen LogP contribution in [0, 0.1) is 0 Å². The highest BCUT2D eigenvalue weighted by atomic mass is 32.2. The number of rotatable bonds is 6. The molecule has 0 saturated heterocycles. The molecule has 24 heavy (non-hydrogen) atoms. The third-order valence-electron chi connectivity index (χ3n) is 3.27. The van der Waals surface area contributed by atoms with Crippen LogP contribution in [-0.4, -0.2) is 36.9 Å². The van der Waals surface area contributed by atoms with E-state index in [1.807, 2.05) is 38.1 Å². The molecule has 1 heterocycles. The molecule has 0 unspecified atom stereocenters. The smallest absolute Gasteiger partial charge is 0.244 e. The minimum atomic E-state index is -3.43. The highest BCUT2D eigenvalue weighted by molar-refractivity contribution is 7.92. The number of hydrogen-bond acceptors (Lipinski definition) is 6. The third-order valence-corrected chi connectivity index (χ3v) is 5.52. The van der Waals surface area contributed by atoms with Crippen LogP contribution in [0.4, 0.5) is 5.13 Å². The van der Waals surface area contributed by atoms with E-state index < -0.39 is 21.0 Å². The third kappa shape index (κ3) is 4.78. The van der Waals surface area contributed by atoms with Crippen molar-refractivity contribution in [1.29, 1.82) is 0 Å². The minimum absolute atomic E-state index is 0.105. The molecule has 2 rings (SSSR count). The zero-order valence-corrected chi connectivity index (χ0v) is 15.6. The summed E-state index contributed by atoms with van der Waals surface area (Å²) in [5.41, 5.74) is 1.59. The highest BCUT2D eigenvalue weighted by Gasteiger charge is 2.24. The lowest BCUT2D eigenvalue weighted by atomic mass is 10.2. The SMILES string of the molecule is CC(C)Oc1ccc(-c2csc(NC(=O)[C@H](C)S(C)(=O)=O)n2)cc1. The van der Waals surface area contributed by atoms with Crippen molar-refractivity contribution in [3.63, 3.8) is 0 Å². The summed E-state index contributed by atoms with van der Waals surface area (Å²) in [5, 5.41) is 3.60. The number of sulfone groups is 1. The molecular weight excluding hydrogens is 348 g/mol. The van der Waals surface area contributed by atoms with Gasteiger partial charge in [0.05, 0.1) is 11.8 Å². The Bertz CT molecular complexity index is 811. The maximum absolute atomic E-state index is 11.9. The van der Waals surface area contributed by atoms with Gasteiger partial charge in [0.25, 0.3) is 0 Å². The van der Waals surface area contributed by atoms with Gasteiger partial charge in [-0.25, -0.2) is 13.4 Å². The molecule has 130 valence electrons. The van der Waals surface area contributed by atoms with Crippen molar-refractivity contribution in [2.24, 2.45) is 0 Å². The van der Waals surface area contributed by atoms with Crippen LogP contribution in [0.1, 0.15) is 20.8 Å². The van der Waals surface area contributed by atoms with Crippen molar-refractivity contribution < 1.29 is 17.9 Å². The maximum atomic E-state index is 11.9. The molecule has 8 heteroatoms. The number of amides is 1. The van der Waals surface area contributed by atoms with E-state index in [-0.39, 0.29) is 6.10 Å². The van der Waals surface area contributed by atoms with Crippen molar-refractivity contribution in [3.05, 3.63) is 29.6 Å². The summed E-state index contributed by atoms with van der Waals surface area (Å²) in [6.45, 7) is 5.27. The Labute approximate surface area is 145 Å². The van der Waals surface area contributed by atoms with E-state index in [1.54, 1.807) is 5.38 Å². The molecular formula is C16H20N2O4S2. The number of carbonyl (C=O) groups excluding carboxylic acids is 1. The Kier molecular flexibility index (Phi) is 5.61. The standard InChI is InChI=1S/C16H20N2O4S2/c1-10(2)22-13-7-5-12(6-8-13)14-9-23-16(17-14)18-15(19)11(3)24(4,20)21/h5-11H,1-4H3,(H,17,18,19)/t11-/m0/s1. The van der Waals surface area contributed by atoms with Gasteiger partial charge < -0.3 is 10.1 Å². The first kappa shape index (κ1) is 18.4. The fraction of sp³-hybridized carbons (Fsp3) is 0.375. The van der Waals surface area contributed by atoms with E-state index in [1.165, 1.54) is 18.3 Å². The van der Waals surface area contributed by atoms with Gasteiger partial charge in [0, 0.05) is 17.2 Å². The van der Waals surface area contributed by atoms with Gasteiger partial charge in [0.1, 0.15) is 11.0 Å². The van der Waals surface area contributed by atoms with Crippen LogP contribution in [0.25, 0.3) is 11.3 Å². The number of ether oxygens (including phenoxy) is 1. The first-order valence-corrected chi connectivity index (χ1v) is 10.2. The summed E-state index contributed by atoms with van der Waals surface area (Å²) in [7, 11) is -3.43. The topological polar surface area (TPSA) is 85.4 Å². The zero-order chi connectivity index (χ0) is 17.9. The van der Waals surface area contributed by atoms with E-state index in [0.717, 1.165) is 17.6 Å². The summed E-state index contributed by atoms with van der Waals surface area (Å²) in [5.74, 6) is 0.193. The minimum Gasteiger partial charge on any atom is -0.491 e. The Morgan fingerprint density at radius 2 is 1.83 bits per heavy atom. The van der Waals surface area contributed by atoms with E-state index >= 15 is 0 Å². The summed E-state index contributed by atoms with van der Waals surface area (Å²) in [6.07, 6.45) is 1.14. The molecule has 0 saturated carbocycles. The van der Waals surface area contributed by atoms with Crippen molar-refractivity contribution in [1.82, 2.24) is 4.98 Å². The van der Waals surface area contributed by atoms with Gasteiger partial charge in [0.15, 0.2) is 15.0 Å². The number of hydrogen-bond donors (Lipinski definition) is 1. The summed E-state index contributed by atoms with van der Waals surface area (Å²) in [4.78, 5) is 16.2. The summed E-state index contributed by atoms with van der Waals surface area (Å²) >= 11 is 1.25. The molecule has 0 aliphatic carbocycles. The Hall–Kier alpha value is -1.93. The van der Waals surface area contributed by atoms with E-state index in [0.29, 0.717) is 10.8 Å². The molecule has 1 amide bonds. The van der Waals surface area contributed by atoms with Crippen molar-refractivity contribution in [2.45, 2.75) is 32.1 Å². The van der Waals surface area contributed by atoms with Gasteiger partial charge in [-0.2, -0.15) is 0 Å². The molecule has 1 atom stereocenters. The van der Waals surface area contributed by atoms with Crippen molar-refractivity contribution in [2.75, 3.05) is 11.6 Å². The van der Waals surface area contributed by atoms with Crippen LogP contribution >= 0.6 is 11.3 Å². The van der Waals surface area contributed by atoms with Gasteiger partial charge in [-0.15, -0.1) is 11.3 Å². The molecule has 0 radical (unpaired) electrons. The number of anilines is 1. The molecule has 0 bridgehead atoms. The first-order chi connectivity index (χ1) is 11.2. The zero-order valence-electron chi connectivity index (χ0n) is 13.9. The van der Waals surface area contributed by atoms with E-state index in [4.69, 9.17) is 4.74 Å². The van der Waals surface area contributed by atoms with Crippen LogP contribution in [0.5, 0.6) is 5.75 Å². The van der Waals surface area contributed by atoms with Gasteiger partial charge in [-0.05, 0) is 45.0 Å². The summed E-state index contributed by atoms with van der Waals surface area (Å²) < 4.78 is 28.4. The quantitative estimate of drug-likeness (QED) is 0.847. The second kappa shape index (κ2) is 7.31. The second-order valence-electron chi connectivity index (χ2n) is 5.69. The number of nitrogens with zero attached hydrogens (tertiary/aromatic N) is 1. The highest BCUT2D eigenvalue weighted by Crippen LogP contribution is 2.27. The fourth-order valence-corrected chi connectivity index (χ4v) is 3.01. The lowest BCUT2D eigenvalue weighted by molar-refractivity contribution is -0.115. The van der Waals surface area contributed by atoms with Gasteiger partial charge in [-0.1, -0.05) is 0 Å². The van der Waals surface area contributed by atoms with Crippen molar-refractivity contribution in [3.8, 4) is 17.0 Å². The molecule has 1 N–H and O–H groups in total. The molecule has 2 aromatic rings. The number of benzene rings is 1. The molecule has 0 spiro atoms. The number of carbonyl (C=O) groups is 1. The molecule has 6 nitrogen and oxygen atoms in total. The Morgan fingerprint density at radius 3 is 2.38 bits per heavy atom. The number of nitrogens with one attached hydrogen (secondary N) is 1. The average Bonchev–Trinajstić information content (AvgIpc) is 2.94. The average molecular weight is 368 g/mol. The van der Waals surface area contributed by atoms with Crippen LogP contribution < -0.4 is 10.1 Å². The van der Waals surface area contributed by atoms with Gasteiger partial charge in [0.2, 0.25) is 5.91 Å². The van der Waals surface area contributed by atoms with Crippen LogP contribution in [0.3, 0.4) is 0 Å². The predicted molar refractivity (Wildman–Crippen MR) is 96.2 cm³/mol. The largest absolute Gasteiger partial charge is 0.491 e. The van der Waals surface area contributed by atoms with Crippen LogP contribution in [-0.2, 0) is 14.6 Å². The van der Waals surface area contributed by atoms with Gasteiger partial charge >= 0.3 is 0 Å². The molecule has 0 aliphatic heterocycles. The normalized spacial score (nSPS) is 12.9. The van der Waals surface area contributed by atoms with E-state index in [9.17, 15) is 13.2 Å². The molecule has 0 aliphatic rings.